The van der Waals surface area contributed by atoms with Gasteiger partial charge in [-0.1, -0.05) is 6.07 Å². The Morgan fingerprint density at radius 3 is 2.95 bits per heavy atom. The number of primary amides is 1. The standard InChI is InChI=1S/C15H18N4O/c16-13(20)9-3-1-4-10-12(9)18-14(17-10)11-5-2-6-15(19-11)7-8-15/h1,3-4,11,19H,2,5-8H2,(H2,16,20)(H,17,18). The summed E-state index contributed by atoms with van der Waals surface area (Å²) in [6.07, 6.45) is 6.15. The summed E-state index contributed by atoms with van der Waals surface area (Å²) in [7, 11) is 0. The summed E-state index contributed by atoms with van der Waals surface area (Å²) in [5, 5.41) is 3.72. The summed E-state index contributed by atoms with van der Waals surface area (Å²) in [5.74, 6) is 0.503. The summed E-state index contributed by atoms with van der Waals surface area (Å²) >= 11 is 0. The van der Waals surface area contributed by atoms with Crippen LogP contribution >= 0.6 is 0 Å². The van der Waals surface area contributed by atoms with Gasteiger partial charge in [-0.2, -0.15) is 0 Å². The molecule has 1 aliphatic heterocycles. The molecular weight excluding hydrogens is 252 g/mol. The van der Waals surface area contributed by atoms with Crippen LogP contribution in [0, 0.1) is 0 Å². The van der Waals surface area contributed by atoms with Crippen LogP contribution in [-0.4, -0.2) is 21.4 Å². The quantitative estimate of drug-likeness (QED) is 0.780. The fourth-order valence-corrected chi connectivity index (χ4v) is 3.32. The molecule has 2 aromatic rings. The van der Waals surface area contributed by atoms with Gasteiger partial charge in [0, 0.05) is 5.54 Å². The molecule has 20 heavy (non-hydrogen) atoms. The monoisotopic (exact) mass is 270 g/mol. The first-order chi connectivity index (χ1) is 9.67. The van der Waals surface area contributed by atoms with E-state index in [9.17, 15) is 4.79 Å². The predicted molar refractivity (Wildman–Crippen MR) is 76.3 cm³/mol. The van der Waals surface area contributed by atoms with Crippen LogP contribution in [0.2, 0.25) is 0 Å². The molecule has 1 saturated heterocycles. The van der Waals surface area contributed by atoms with Crippen LogP contribution in [0.25, 0.3) is 11.0 Å². The summed E-state index contributed by atoms with van der Waals surface area (Å²) in [6, 6.07) is 5.76. The fraction of sp³-hybridized carbons (Fsp3) is 0.467. The van der Waals surface area contributed by atoms with E-state index in [1.54, 1.807) is 6.07 Å². The van der Waals surface area contributed by atoms with Crippen molar-refractivity contribution in [1.29, 1.82) is 0 Å². The Labute approximate surface area is 117 Å². The number of piperidine rings is 1. The van der Waals surface area contributed by atoms with Gasteiger partial charge in [0.2, 0.25) is 0 Å². The number of imidazole rings is 1. The lowest BCUT2D eigenvalue weighted by Crippen LogP contribution is -2.39. The van der Waals surface area contributed by atoms with E-state index in [0.717, 1.165) is 17.8 Å². The minimum Gasteiger partial charge on any atom is -0.366 e. The number of nitrogens with zero attached hydrogens (tertiary/aromatic N) is 1. The number of carbonyl (C=O) groups excluding carboxylic acids is 1. The largest absolute Gasteiger partial charge is 0.366 e. The molecule has 2 aliphatic rings. The molecular formula is C15H18N4O. The van der Waals surface area contributed by atoms with E-state index in [1.165, 1.54) is 25.7 Å². The fourth-order valence-electron chi connectivity index (χ4n) is 3.32. The Kier molecular flexibility index (Phi) is 2.41. The Morgan fingerprint density at radius 2 is 2.20 bits per heavy atom. The van der Waals surface area contributed by atoms with Crippen LogP contribution in [0.5, 0.6) is 0 Å². The van der Waals surface area contributed by atoms with Crippen molar-refractivity contribution >= 4 is 16.9 Å². The molecule has 5 nitrogen and oxygen atoms in total. The number of carbonyl (C=O) groups is 1. The van der Waals surface area contributed by atoms with Crippen molar-refractivity contribution in [2.75, 3.05) is 0 Å². The first kappa shape index (κ1) is 11.9. The molecule has 1 atom stereocenters. The van der Waals surface area contributed by atoms with Gasteiger partial charge in [-0.3, -0.25) is 4.79 Å². The first-order valence-corrected chi connectivity index (χ1v) is 7.23. The Bertz CT molecular complexity index is 686. The van der Waals surface area contributed by atoms with Crippen molar-refractivity contribution in [1.82, 2.24) is 15.3 Å². The third kappa shape index (κ3) is 1.81. The topological polar surface area (TPSA) is 83.8 Å². The van der Waals surface area contributed by atoms with E-state index in [2.05, 4.69) is 15.3 Å². The molecule has 2 fully saturated rings. The summed E-state index contributed by atoms with van der Waals surface area (Å²) in [4.78, 5) is 19.4. The average Bonchev–Trinajstić information content (AvgIpc) is 3.04. The molecule has 1 spiro atoms. The number of nitrogens with two attached hydrogens (primary N) is 1. The average molecular weight is 270 g/mol. The summed E-state index contributed by atoms with van der Waals surface area (Å²) in [6.45, 7) is 0. The molecule has 0 radical (unpaired) electrons. The van der Waals surface area contributed by atoms with Crippen LogP contribution < -0.4 is 11.1 Å². The van der Waals surface area contributed by atoms with Crippen LogP contribution in [0.4, 0.5) is 0 Å². The van der Waals surface area contributed by atoms with Gasteiger partial charge in [-0.25, -0.2) is 4.98 Å². The molecule has 1 saturated carbocycles. The lowest BCUT2D eigenvalue weighted by atomic mass is 9.96. The zero-order chi connectivity index (χ0) is 13.7. The number of aromatic nitrogens is 2. The van der Waals surface area contributed by atoms with Crippen molar-refractivity contribution in [2.24, 2.45) is 5.73 Å². The molecule has 2 heterocycles. The third-order valence-electron chi connectivity index (χ3n) is 4.61. The zero-order valence-corrected chi connectivity index (χ0v) is 11.3. The molecule has 1 amide bonds. The van der Waals surface area contributed by atoms with E-state index in [0.29, 0.717) is 16.6 Å². The number of hydrogen-bond donors (Lipinski definition) is 3. The van der Waals surface area contributed by atoms with Crippen molar-refractivity contribution in [3.05, 3.63) is 29.6 Å². The van der Waals surface area contributed by atoms with Crippen LogP contribution in [-0.2, 0) is 0 Å². The smallest absolute Gasteiger partial charge is 0.250 e. The van der Waals surface area contributed by atoms with Gasteiger partial charge in [-0.05, 0) is 44.2 Å². The molecule has 0 bridgehead atoms. The highest BCUT2D eigenvalue weighted by Gasteiger charge is 2.46. The molecule has 1 aliphatic carbocycles. The number of fused-ring (bicyclic) bond motifs is 1. The van der Waals surface area contributed by atoms with Gasteiger partial charge in [-0.15, -0.1) is 0 Å². The van der Waals surface area contributed by atoms with E-state index in [4.69, 9.17) is 5.73 Å². The second-order valence-corrected chi connectivity index (χ2v) is 6.06. The zero-order valence-electron chi connectivity index (χ0n) is 11.3. The summed E-state index contributed by atoms with van der Waals surface area (Å²) in [5.41, 5.74) is 7.84. The van der Waals surface area contributed by atoms with Crippen LogP contribution in [0.1, 0.15) is 54.3 Å². The van der Waals surface area contributed by atoms with Crippen molar-refractivity contribution in [2.45, 2.75) is 43.7 Å². The number of rotatable bonds is 2. The van der Waals surface area contributed by atoms with Crippen LogP contribution in [0.3, 0.4) is 0 Å². The minimum atomic E-state index is -0.427. The Hall–Kier alpha value is -1.88. The van der Waals surface area contributed by atoms with Crippen molar-refractivity contribution in [3.8, 4) is 0 Å². The van der Waals surface area contributed by atoms with E-state index in [1.807, 2.05) is 12.1 Å². The number of hydrogen-bond acceptors (Lipinski definition) is 3. The number of nitrogens with one attached hydrogen (secondary N) is 2. The van der Waals surface area contributed by atoms with Gasteiger partial charge >= 0.3 is 0 Å². The highest BCUT2D eigenvalue weighted by atomic mass is 16.1. The predicted octanol–water partition coefficient (Wildman–Crippen LogP) is 2.01. The number of para-hydroxylation sites is 1. The first-order valence-electron chi connectivity index (χ1n) is 7.23. The van der Waals surface area contributed by atoms with Crippen molar-refractivity contribution < 1.29 is 4.79 Å². The Balaban J connectivity index is 1.73. The maximum atomic E-state index is 11.5. The number of H-pyrrole nitrogens is 1. The maximum absolute atomic E-state index is 11.5. The highest BCUT2D eigenvalue weighted by molar-refractivity contribution is 6.04. The van der Waals surface area contributed by atoms with Crippen molar-refractivity contribution in [3.63, 3.8) is 0 Å². The molecule has 104 valence electrons. The van der Waals surface area contributed by atoms with Gasteiger partial charge < -0.3 is 16.0 Å². The van der Waals surface area contributed by atoms with Gasteiger partial charge in [0.05, 0.1) is 17.1 Å². The SMILES string of the molecule is NC(=O)c1cccc2[nH]c(C3CCCC4(CC4)N3)nc12. The normalized spacial score (nSPS) is 24.1. The molecule has 1 aromatic carbocycles. The van der Waals surface area contributed by atoms with Gasteiger partial charge in [0.25, 0.3) is 5.91 Å². The van der Waals surface area contributed by atoms with Crippen LogP contribution in [0.15, 0.2) is 18.2 Å². The molecule has 1 aromatic heterocycles. The number of amides is 1. The second kappa shape index (κ2) is 4.06. The maximum Gasteiger partial charge on any atom is 0.250 e. The minimum absolute atomic E-state index is 0.263. The highest BCUT2D eigenvalue weighted by Crippen LogP contribution is 2.46. The van der Waals surface area contributed by atoms with E-state index >= 15 is 0 Å². The Morgan fingerprint density at radius 1 is 1.35 bits per heavy atom. The number of aromatic amines is 1. The molecule has 5 heteroatoms. The second-order valence-electron chi connectivity index (χ2n) is 6.06. The lowest BCUT2D eigenvalue weighted by molar-refractivity contribution is 0.100. The molecule has 4 rings (SSSR count). The third-order valence-corrected chi connectivity index (χ3v) is 4.61. The lowest BCUT2D eigenvalue weighted by Gasteiger charge is -2.29. The number of benzene rings is 1. The summed E-state index contributed by atoms with van der Waals surface area (Å²) < 4.78 is 0. The van der Waals surface area contributed by atoms with E-state index in [-0.39, 0.29) is 6.04 Å². The van der Waals surface area contributed by atoms with Gasteiger partial charge in [0.15, 0.2) is 0 Å². The molecule has 4 N–H and O–H groups in total. The van der Waals surface area contributed by atoms with Gasteiger partial charge in [0.1, 0.15) is 11.3 Å². The van der Waals surface area contributed by atoms with E-state index < -0.39 is 5.91 Å². The molecule has 1 unspecified atom stereocenters.